The van der Waals surface area contributed by atoms with Crippen molar-refractivity contribution in [3.63, 3.8) is 0 Å². The number of methoxy groups -OCH3 is 2. The van der Waals surface area contributed by atoms with Gasteiger partial charge in [0.15, 0.2) is 0 Å². The molecular formula is C20H25ClN2O3. The molecule has 2 aromatic carbocycles. The predicted molar refractivity (Wildman–Crippen MR) is 105 cm³/mol. The van der Waals surface area contributed by atoms with Crippen molar-refractivity contribution in [2.75, 3.05) is 32.6 Å². The number of anilines is 1. The normalized spacial score (nSPS) is 10.7. The first-order valence-electron chi connectivity index (χ1n) is 8.55. The van der Waals surface area contributed by atoms with Gasteiger partial charge in [-0.05, 0) is 12.1 Å². The number of hydrogen-bond acceptors (Lipinski definition) is 4. The standard InChI is InChI=1S/C20H25ClN2O3/c1-4-23(14-15-8-6-5-7-9-15)11-10-20(24)22-17-13-18(25-2)16(21)12-19(17)26-3/h5-9,12-13H,4,10-11,14H2,1-3H3,(H,22,24). The van der Waals surface area contributed by atoms with Gasteiger partial charge in [0, 0.05) is 31.6 Å². The lowest BCUT2D eigenvalue weighted by Crippen LogP contribution is -2.27. The van der Waals surface area contributed by atoms with E-state index in [-0.39, 0.29) is 5.91 Å². The molecule has 26 heavy (non-hydrogen) atoms. The third-order valence-corrected chi connectivity index (χ3v) is 4.39. The van der Waals surface area contributed by atoms with E-state index in [9.17, 15) is 4.79 Å². The summed E-state index contributed by atoms with van der Waals surface area (Å²) in [4.78, 5) is 14.6. The van der Waals surface area contributed by atoms with Gasteiger partial charge in [-0.1, -0.05) is 48.9 Å². The van der Waals surface area contributed by atoms with Gasteiger partial charge in [-0.2, -0.15) is 0 Å². The van der Waals surface area contributed by atoms with E-state index in [1.165, 1.54) is 19.8 Å². The fourth-order valence-electron chi connectivity index (χ4n) is 2.62. The Bertz CT molecular complexity index is 722. The molecule has 0 aliphatic rings. The highest BCUT2D eigenvalue weighted by molar-refractivity contribution is 6.32. The molecule has 0 fully saturated rings. The molecule has 0 bridgehead atoms. The Labute approximate surface area is 159 Å². The second kappa shape index (κ2) is 10.0. The number of carbonyl (C=O) groups excluding carboxylic acids is 1. The van der Waals surface area contributed by atoms with Crippen molar-refractivity contribution in [1.82, 2.24) is 4.90 Å². The van der Waals surface area contributed by atoms with Gasteiger partial charge in [0.25, 0.3) is 0 Å². The van der Waals surface area contributed by atoms with Gasteiger partial charge in [-0.3, -0.25) is 9.69 Å². The fraction of sp³-hybridized carbons (Fsp3) is 0.350. The highest BCUT2D eigenvalue weighted by atomic mass is 35.5. The van der Waals surface area contributed by atoms with Gasteiger partial charge in [-0.15, -0.1) is 0 Å². The quantitative estimate of drug-likeness (QED) is 0.712. The minimum atomic E-state index is -0.0841. The lowest BCUT2D eigenvalue weighted by atomic mass is 10.2. The average molecular weight is 377 g/mol. The van der Waals surface area contributed by atoms with E-state index < -0.39 is 0 Å². The Hall–Kier alpha value is -2.24. The Morgan fingerprint density at radius 2 is 1.81 bits per heavy atom. The maximum absolute atomic E-state index is 12.4. The van der Waals surface area contributed by atoms with Crippen LogP contribution in [0.5, 0.6) is 11.5 Å². The summed E-state index contributed by atoms with van der Waals surface area (Å²) in [6.45, 7) is 4.46. The van der Waals surface area contributed by atoms with E-state index in [2.05, 4.69) is 29.3 Å². The second-order valence-electron chi connectivity index (χ2n) is 5.84. The lowest BCUT2D eigenvalue weighted by Gasteiger charge is -2.20. The predicted octanol–water partition coefficient (Wildman–Crippen LogP) is 4.21. The first-order chi connectivity index (χ1) is 12.6. The van der Waals surface area contributed by atoms with Crippen molar-refractivity contribution in [3.05, 3.63) is 53.1 Å². The number of nitrogens with one attached hydrogen (secondary N) is 1. The minimum absolute atomic E-state index is 0.0841. The molecule has 5 nitrogen and oxygen atoms in total. The maximum atomic E-state index is 12.4. The van der Waals surface area contributed by atoms with E-state index >= 15 is 0 Å². The summed E-state index contributed by atoms with van der Waals surface area (Å²) in [7, 11) is 3.06. The Balaban J connectivity index is 1.95. The van der Waals surface area contributed by atoms with Crippen LogP contribution in [0.15, 0.2) is 42.5 Å². The third-order valence-electron chi connectivity index (χ3n) is 4.10. The highest BCUT2D eigenvalue weighted by Gasteiger charge is 2.13. The van der Waals surface area contributed by atoms with Crippen molar-refractivity contribution in [2.24, 2.45) is 0 Å². The van der Waals surface area contributed by atoms with Gasteiger partial charge in [0.1, 0.15) is 11.5 Å². The summed E-state index contributed by atoms with van der Waals surface area (Å²) in [5.74, 6) is 0.905. The van der Waals surface area contributed by atoms with Crippen LogP contribution in [0.1, 0.15) is 18.9 Å². The number of hydrogen-bond donors (Lipinski definition) is 1. The monoisotopic (exact) mass is 376 g/mol. The van der Waals surface area contributed by atoms with Crippen LogP contribution in [0.4, 0.5) is 5.69 Å². The van der Waals surface area contributed by atoms with Crippen molar-refractivity contribution in [3.8, 4) is 11.5 Å². The molecule has 1 amide bonds. The Morgan fingerprint density at radius 1 is 1.12 bits per heavy atom. The van der Waals surface area contributed by atoms with Crippen LogP contribution in [0.25, 0.3) is 0 Å². The van der Waals surface area contributed by atoms with E-state index in [1.54, 1.807) is 12.1 Å². The highest BCUT2D eigenvalue weighted by Crippen LogP contribution is 2.35. The zero-order valence-corrected chi connectivity index (χ0v) is 16.2. The van der Waals surface area contributed by atoms with Gasteiger partial charge >= 0.3 is 0 Å². The Kier molecular flexibility index (Phi) is 7.75. The van der Waals surface area contributed by atoms with Crippen LogP contribution >= 0.6 is 11.6 Å². The first-order valence-corrected chi connectivity index (χ1v) is 8.92. The van der Waals surface area contributed by atoms with Crippen molar-refractivity contribution < 1.29 is 14.3 Å². The van der Waals surface area contributed by atoms with Crippen molar-refractivity contribution in [2.45, 2.75) is 19.9 Å². The molecule has 2 aromatic rings. The van der Waals surface area contributed by atoms with Crippen LogP contribution < -0.4 is 14.8 Å². The summed E-state index contributed by atoms with van der Waals surface area (Å²) in [6.07, 6.45) is 0.384. The van der Waals surface area contributed by atoms with Crippen molar-refractivity contribution >= 4 is 23.2 Å². The molecule has 140 valence electrons. The molecule has 0 saturated heterocycles. The second-order valence-corrected chi connectivity index (χ2v) is 6.25. The van der Waals surface area contributed by atoms with E-state index in [4.69, 9.17) is 21.1 Å². The molecule has 0 unspecified atom stereocenters. The maximum Gasteiger partial charge on any atom is 0.225 e. The molecule has 1 N–H and O–H groups in total. The van der Waals surface area contributed by atoms with E-state index in [0.717, 1.165) is 13.1 Å². The molecule has 6 heteroatoms. The average Bonchev–Trinajstić information content (AvgIpc) is 2.66. The van der Waals surface area contributed by atoms with Gasteiger partial charge in [0.05, 0.1) is 24.9 Å². The molecule has 0 aliphatic carbocycles. The summed E-state index contributed by atoms with van der Waals surface area (Å²) < 4.78 is 10.5. The molecule has 0 aromatic heterocycles. The minimum Gasteiger partial charge on any atom is -0.495 e. The molecule has 0 aliphatic heterocycles. The number of halogens is 1. The number of carbonyl (C=O) groups is 1. The van der Waals surface area contributed by atoms with Crippen LogP contribution in [0, 0.1) is 0 Å². The fourth-order valence-corrected chi connectivity index (χ4v) is 2.85. The van der Waals surface area contributed by atoms with Gasteiger partial charge in [-0.25, -0.2) is 0 Å². The molecule has 0 atom stereocenters. The lowest BCUT2D eigenvalue weighted by molar-refractivity contribution is -0.116. The first kappa shape index (κ1) is 20.1. The van der Waals surface area contributed by atoms with Crippen LogP contribution in [0.2, 0.25) is 5.02 Å². The van der Waals surface area contributed by atoms with Crippen molar-refractivity contribution in [1.29, 1.82) is 0 Å². The number of rotatable bonds is 9. The number of ether oxygens (including phenoxy) is 2. The molecule has 2 rings (SSSR count). The van der Waals surface area contributed by atoms with Gasteiger partial charge < -0.3 is 14.8 Å². The largest absolute Gasteiger partial charge is 0.495 e. The van der Waals surface area contributed by atoms with Crippen LogP contribution in [0.3, 0.4) is 0 Å². The summed E-state index contributed by atoms with van der Waals surface area (Å²) in [6, 6.07) is 13.5. The van der Waals surface area contributed by atoms with Crippen LogP contribution in [-0.4, -0.2) is 38.1 Å². The number of amides is 1. The smallest absolute Gasteiger partial charge is 0.225 e. The Morgan fingerprint density at radius 3 is 2.42 bits per heavy atom. The molecule has 0 heterocycles. The number of nitrogens with zero attached hydrogens (tertiary/aromatic N) is 1. The molecular weight excluding hydrogens is 352 g/mol. The summed E-state index contributed by atoms with van der Waals surface area (Å²) in [5.41, 5.74) is 1.78. The topological polar surface area (TPSA) is 50.8 Å². The zero-order chi connectivity index (χ0) is 18.9. The van der Waals surface area contributed by atoms with Gasteiger partial charge in [0.2, 0.25) is 5.91 Å². The third kappa shape index (κ3) is 5.64. The van der Waals surface area contributed by atoms with Crippen LogP contribution in [-0.2, 0) is 11.3 Å². The SMILES string of the molecule is CCN(CCC(=O)Nc1cc(OC)c(Cl)cc1OC)Cc1ccccc1. The van der Waals surface area contributed by atoms with E-state index in [1.807, 2.05) is 18.2 Å². The van der Waals surface area contributed by atoms with E-state index in [0.29, 0.717) is 35.2 Å². The molecule has 0 spiro atoms. The summed E-state index contributed by atoms with van der Waals surface area (Å²) >= 11 is 6.09. The number of benzene rings is 2. The molecule has 0 saturated carbocycles. The molecule has 0 radical (unpaired) electrons. The summed E-state index contributed by atoms with van der Waals surface area (Å²) in [5, 5.41) is 3.31. The zero-order valence-electron chi connectivity index (χ0n) is 15.4.